The van der Waals surface area contributed by atoms with E-state index in [1.54, 1.807) is 18.9 Å². The highest BCUT2D eigenvalue weighted by molar-refractivity contribution is 7.97. The molecule has 0 aliphatic carbocycles. The van der Waals surface area contributed by atoms with Gasteiger partial charge in [0, 0.05) is 21.5 Å². The van der Waals surface area contributed by atoms with Gasteiger partial charge in [-0.2, -0.15) is 0 Å². The number of allylic oxidation sites excluding steroid dienone is 1. The van der Waals surface area contributed by atoms with Crippen LogP contribution in [0.5, 0.6) is 0 Å². The molecule has 1 aliphatic rings. The molecular weight excluding hydrogens is 306 g/mol. The van der Waals surface area contributed by atoms with Crippen LogP contribution in [-0.4, -0.2) is 26.5 Å². The number of rotatable bonds is 4. The summed E-state index contributed by atoms with van der Waals surface area (Å²) in [6, 6.07) is 10.4. The van der Waals surface area contributed by atoms with Gasteiger partial charge < -0.3 is 5.11 Å². The van der Waals surface area contributed by atoms with Crippen molar-refractivity contribution in [2.45, 2.75) is 63.4 Å². The first kappa shape index (κ1) is 18.1. The molecule has 2 rings (SSSR count). The third-order valence-electron chi connectivity index (χ3n) is 4.39. The Labute approximate surface area is 143 Å². The van der Waals surface area contributed by atoms with Crippen LogP contribution in [0.2, 0.25) is 0 Å². The molecule has 0 amide bonds. The van der Waals surface area contributed by atoms with E-state index in [0.717, 1.165) is 12.8 Å². The van der Waals surface area contributed by atoms with Crippen molar-refractivity contribution < 1.29 is 9.90 Å². The van der Waals surface area contributed by atoms with Crippen molar-refractivity contribution in [1.29, 1.82) is 0 Å². The van der Waals surface area contributed by atoms with E-state index in [2.05, 4.69) is 56.3 Å². The third kappa shape index (κ3) is 4.39. The van der Waals surface area contributed by atoms with Crippen molar-refractivity contribution >= 4 is 17.9 Å². The largest absolute Gasteiger partial charge is 0.478 e. The minimum atomic E-state index is -0.818. The highest BCUT2D eigenvalue weighted by atomic mass is 32.2. The molecular formula is C19H27NO2S. The SMILES string of the molecule is CC(=CC1CC(C)(C)N(Sc2ccccc2)C(C)(C)C1)C(=O)O. The number of carbonyl (C=O) groups is 1. The fraction of sp³-hybridized carbons (Fsp3) is 0.526. The van der Waals surface area contributed by atoms with E-state index in [0.29, 0.717) is 11.5 Å². The molecule has 0 aromatic heterocycles. The van der Waals surface area contributed by atoms with Gasteiger partial charge in [0.25, 0.3) is 0 Å². The van der Waals surface area contributed by atoms with Crippen LogP contribution < -0.4 is 0 Å². The summed E-state index contributed by atoms with van der Waals surface area (Å²) in [5.41, 5.74) is 0.426. The minimum absolute atomic E-state index is 0.0117. The Morgan fingerprint density at radius 1 is 1.17 bits per heavy atom. The molecule has 1 N–H and O–H groups in total. The summed E-state index contributed by atoms with van der Waals surface area (Å²) in [5.74, 6) is -0.523. The van der Waals surface area contributed by atoms with Gasteiger partial charge in [-0.05, 0) is 77.5 Å². The fourth-order valence-electron chi connectivity index (χ4n) is 3.72. The van der Waals surface area contributed by atoms with E-state index in [9.17, 15) is 4.79 Å². The van der Waals surface area contributed by atoms with Crippen molar-refractivity contribution in [3.05, 3.63) is 42.0 Å². The van der Waals surface area contributed by atoms with E-state index in [1.165, 1.54) is 4.90 Å². The first-order valence-electron chi connectivity index (χ1n) is 8.07. The second kappa shape index (κ2) is 6.70. The summed E-state index contributed by atoms with van der Waals surface area (Å²) in [7, 11) is 0. The van der Waals surface area contributed by atoms with Gasteiger partial charge in [0.15, 0.2) is 0 Å². The van der Waals surface area contributed by atoms with Crippen LogP contribution >= 0.6 is 11.9 Å². The molecule has 0 saturated carbocycles. The van der Waals surface area contributed by atoms with E-state index in [4.69, 9.17) is 5.11 Å². The summed E-state index contributed by atoms with van der Waals surface area (Å²) >= 11 is 1.80. The Balaban J connectivity index is 2.23. The number of hydrogen-bond acceptors (Lipinski definition) is 3. The molecule has 0 bridgehead atoms. The molecule has 1 heterocycles. The van der Waals surface area contributed by atoms with Crippen molar-refractivity contribution in [3.8, 4) is 0 Å². The van der Waals surface area contributed by atoms with Crippen LogP contribution in [0.25, 0.3) is 0 Å². The fourth-order valence-corrected chi connectivity index (χ4v) is 4.85. The smallest absolute Gasteiger partial charge is 0.330 e. The maximum Gasteiger partial charge on any atom is 0.330 e. The van der Waals surface area contributed by atoms with Crippen molar-refractivity contribution in [3.63, 3.8) is 0 Å². The molecule has 23 heavy (non-hydrogen) atoms. The first-order valence-corrected chi connectivity index (χ1v) is 8.84. The lowest BCUT2D eigenvalue weighted by molar-refractivity contribution is -0.132. The number of carboxylic acid groups (broad SMARTS) is 1. The van der Waals surface area contributed by atoms with Gasteiger partial charge in [0.2, 0.25) is 0 Å². The summed E-state index contributed by atoms with van der Waals surface area (Å²) in [6.07, 6.45) is 3.86. The molecule has 0 atom stereocenters. The first-order chi connectivity index (χ1) is 10.6. The van der Waals surface area contributed by atoms with Gasteiger partial charge >= 0.3 is 5.97 Å². The van der Waals surface area contributed by atoms with Gasteiger partial charge in [-0.1, -0.05) is 24.3 Å². The molecule has 126 valence electrons. The Hall–Kier alpha value is -1.26. The van der Waals surface area contributed by atoms with E-state index in [1.807, 2.05) is 12.1 Å². The Kier molecular flexibility index (Phi) is 5.27. The van der Waals surface area contributed by atoms with Crippen LogP contribution in [-0.2, 0) is 4.79 Å². The van der Waals surface area contributed by atoms with Crippen LogP contribution in [0.4, 0.5) is 0 Å². The van der Waals surface area contributed by atoms with Crippen LogP contribution in [0.15, 0.2) is 46.9 Å². The van der Waals surface area contributed by atoms with Gasteiger partial charge in [0.1, 0.15) is 0 Å². The zero-order chi connectivity index (χ0) is 17.3. The number of carboxylic acids is 1. The number of piperidine rings is 1. The summed E-state index contributed by atoms with van der Waals surface area (Å²) in [5, 5.41) is 9.14. The zero-order valence-corrected chi connectivity index (χ0v) is 15.5. The topological polar surface area (TPSA) is 40.5 Å². The van der Waals surface area contributed by atoms with E-state index < -0.39 is 5.97 Å². The normalized spacial score (nSPS) is 22.0. The average molecular weight is 333 g/mol. The van der Waals surface area contributed by atoms with Crippen molar-refractivity contribution in [1.82, 2.24) is 4.31 Å². The monoisotopic (exact) mass is 333 g/mol. The van der Waals surface area contributed by atoms with Crippen molar-refractivity contribution in [2.24, 2.45) is 5.92 Å². The molecule has 1 aromatic carbocycles. The minimum Gasteiger partial charge on any atom is -0.478 e. The average Bonchev–Trinajstić information content (AvgIpc) is 2.43. The number of aliphatic carboxylic acids is 1. The van der Waals surface area contributed by atoms with E-state index >= 15 is 0 Å². The maximum atomic E-state index is 11.1. The number of benzene rings is 1. The van der Waals surface area contributed by atoms with Crippen LogP contribution in [0, 0.1) is 5.92 Å². The Morgan fingerprint density at radius 3 is 2.17 bits per heavy atom. The van der Waals surface area contributed by atoms with E-state index in [-0.39, 0.29) is 11.1 Å². The lowest BCUT2D eigenvalue weighted by atomic mass is 9.75. The molecule has 0 radical (unpaired) electrons. The predicted octanol–water partition coefficient (Wildman–Crippen LogP) is 4.99. The standard InChI is InChI=1S/C19H27NO2S/c1-14(17(21)22)11-15-12-18(2,3)20(19(4,5)13-15)23-16-9-7-6-8-10-16/h6-11,15H,12-13H2,1-5H3,(H,21,22). The predicted molar refractivity (Wildman–Crippen MR) is 96.4 cm³/mol. The molecule has 1 aromatic rings. The van der Waals surface area contributed by atoms with Crippen LogP contribution in [0.1, 0.15) is 47.5 Å². The van der Waals surface area contributed by atoms with Gasteiger partial charge in [0.05, 0.1) is 0 Å². The lowest BCUT2D eigenvalue weighted by Gasteiger charge is -2.54. The zero-order valence-electron chi connectivity index (χ0n) is 14.7. The molecule has 0 spiro atoms. The Morgan fingerprint density at radius 2 is 1.70 bits per heavy atom. The van der Waals surface area contributed by atoms with Gasteiger partial charge in [-0.3, -0.25) is 0 Å². The van der Waals surface area contributed by atoms with Crippen LogP contribution in [0.3, 0.4) is 0 Å². The molecule has 1 fully saturated rings. The van der Waals surface area contributed by atoms with Gasteiger partial charge in [-0.25, -0.2) is 9.10 Å². The maximum absolute atomic E-state index is 11.1. The number of nitrogens with zero attached hydrogens (tertiary/aromatic N) is 1. The quantitative estimate of drug-likeness (QED) is 0.622. The second-order valence-corrected chi connectivity index (χ2v) is 8.67. The Bertz CT molecular complexity index is 575. The highest BCUT2D eigenvalue weighted by Crippen LogP contribution is 2.47. The second-order valence-electron chi connectivity index (χ2n) is 7.65. The lowest BCUT2D eigenvalue weighted by Crippen LogP contribution is -2.56. The summed E-state index contributed by atoms with van der Waals surface area (Å²) in [6.45, 7) is 10.7. The molecule has 3 nitrogen and oxygen atoms in total. The highest BCUT2D eigenvalue weighted by Gasteiger charge is 2.45. The summed E-state index contributed by atoms with van der Waals surface area (Å²) in [4.78, 5) is 12.4. The molecule has 4 heteroatoms. The van der Waals surface area contributed by atoms with Crippen molar-refractivity contribution in [2.75, 3.05) is 0 Å². The van der Waals surface area contributed by atoms with Gasteiger partial charge in [-0.15, -0.1) is 0 Å². The third-order valence-corrected chi connectivity index (χ3v) is 6.04. The molecule has 1 aliphatic heterocycles. The number of hydrogen-bond donors (Lipinski definition) is 1. The molecule has 1 saturated heterocycles. The summed E-state index contributed by atoms with van der Waals surface area (Å²) < 4.78 is 2.48. The molecule has 0 unspecified atom stereocenters.